The predicted octanol–water partition coefficient (Wildman–Crippen LogP) is 6.00. The van der Waals surface area contributed by atoms with E-state index in [4.69, 9.17) is 9.26 Å². The third kappa shape index (κ3) is 5.22. The molecular formula is C26H28N4O3S. The third-order valence-corrected chi connectivity index (χ3v) is 6.30. The summed E-state index contributed by atoms with van der Waals surface area (Å²) in [7, 11) is 1.60. The molecule has 4 rings (SSSR count). The van der Waals surface area contributed by atoms with Crippen LogP contribution in [0.25, 0.3) is 6.08 Å². The number of thioether (sulfide) groups is 1. The molecule has 0 unspecified atom stereocenters. The number of methoxy groups -OCH3 is 1. The Hall–Kier alpha value is -3.39. The smallest absolute Gasteiger partial charge is 0.283 e. The largest absolute Gasteiger partial charge is 0.497 e. The van der Waals surface area contributed by atoms with Crippen LogP contribution in [0.4, 0.5) is 5.69 Å². The lowest BCUT2D eigenvalue weighted by Crippen LogP contribution is -2.30. The SMILES string of the molecule is COc1cccc(N2C(=O)/C(=C/c3ccc(C(C)C)cc3)N=C2SCc2nc(C(C)C)no2)c1. The lowest BCUT2D eigenvalue weighted by molar-refractivity contribution is -0.113. The van der Waals surface area contributed by atoms with Gasteiger partial charge in [0.1, 0.15) is 11.4 Å². The minimum absolute atomic E-state index is 0.179. The first-order chi connectivity index (χ1) is 16.4. The van der Waals surface area contributed by atoms with E-state index in [9.17, 15) is 4.79 Å². The molecule has 1 aliphatic heterocycles. The molecule has 176 valence electrons. The molecule has 34 heavy (non-hydrogen) atoms. The standard InChI is InChI=1S/C26H28N4O3S/c1-16(2)19-11-9-18(10-12-19)13-22-25(31)30(20-7-6-8-21(14-20)32-5)26(27-22)34-15-23-28-24(17(3)4)29-33-23/h6-14,16-17H,15H2,1-5H3/b22-13-. The zero-order chi connectivity index (χ0) is 24.2. The van der Waals surface area contributed by atoms with Crippen molar-refractivity contribution in [2.45, 2.75) is 45.3 Å². The van der Waals surface area contributed by atoms with Crippen molar-refractivity contribution in [1.82, 2.24) is 10.1 Å². The summed E-state index contributed by atoms with van der Waals surface area (Å²) in [5, 5.41) is 4.57. The maximum Gasteiger partial charge on any atom is 0.283 e. The van der Waals surface area contributed by atoms with Gasteiger partial charge < -0.3 is 9.26 Å². The minimum atomic E-state index is -0.197. The van der Waals surface area contributed by atoms with E-state index in [1.165, 1.54) is 17.3 Å². The molecule has 0 spiro atoms. The van der Waals surface area contributed by atoms with Crippen LogP contribution >= 0.6 is 11.8 Å². The van der Waals surface area contributed by atoms with E-state index in [0.717, 1.165) is 5.56 Å². The molecule has 0 saturated heterocycles. The Kier molecular flexibility index (Phi) is 7.17. The van der Waals surface area contributed by atoms with Crippen LogP contribution in [0, 0.1) is 0 Å². The normalized spacial score (nSPS) is 15.0. The van der Waals surface area contributed by atoms with Gasteiger partial charge in [0.15, 0.2) is 11.0 Å². The highest BCUT2D eigenvalue weighted by Gasteiger charge is 2.32. The predicted molar refractivity (Wildman–Crippen MR) is 136 cm³/mol. The molecule has 0 aliphatic carbocycles. The Labute approximate surface area is 203 Å². The summed E-state index contributed by atoms with van der Waals surface area (Å²) in [6.07, 6.45) is 1.82. The molecule has 3 aromatic rings. The highest BCUT2D eigenvalue weighted by atomic mass is 32.2. The summed E-state index contributed by atoms with van der Waals surface area (Å²) >= 11 is 1.38. The quantitative estimate of drug-likeness (QED) is 0.389. The van der Waals surface area contributed by atoms with Crippen molar-refractivity contribution in [2.75, 3.05) is 12.0 Å². The second kappa shape index (κ2) is 10.3. The average molecular weight is 477 g/mol. The fraction of sp³-hybridized carbons (Fsp3) is 0.308. The van der Waals surface area contributed by atoms with Crippen LogP contribution in [0.2, 0.25) is 0 Å². The number of carbonyl (C=O) groups is 1. The van der Waals surface area contributed by atoms with Gasteiger partial charge in [-0.2, -0.15) is 4.98 Å². The van der Waals surface area contributed by atoms with Crippen molar-refractivity contribution >= 4 is 34.6 Å². The summed E-state index contributed by atoms with van der Waals surface area (Å²) in [5.41, 5.74) is 3.23. The fourth-order valence-corrected chi connectivity index (χ4v) is 4.24. The zero-order valence-electron chi connectivity index (χ0n) is 20.0. The Balaban J connectivity index is 1.64. The molecule has 2 heterocycles. The van der Waals surface area contributed by atoms with Gasteiger partial charge in [-0.15, -0.1) is 0 Å². The van der Waals surface area contributed by atoms with E-state index in [0.29, 0.717) is 45.7 Å². The summed E-state index contributed by atoms with van der Waals surface area (Å²) < 4.78 is 10.7. The monoisotopic (exact) mass is 476 g/mol. The van der Waals surface area contributed by atoms with Crippen molar-refractivity contribution in [1.29, 1.82) is 0 Å². The number of amides is 1. The number of aromatic nitrogens is 2. The van der Waals surface area contributed by atoms with Gasteiger partial charge in [-0.1, -0.05) is 74.9 Å². The molecular weight excluding hydrogens is 448 g/mol. The van der Waals surface area contributed by atoms with Gasteiger partial charge in [-0.05, 0) is 35.3 Å². The van der Waals surface area contributed by atoms with E-state index in [2.05, 4.69) is 41.1 Å². The third-order valence-electron chi connectivity index (χ3n) is 5.37. The van der Waals surface area contributed by atoms with Crippen molar-refractivity contribution in [3.63, 3.8) is 0 Å². The number of rotatable bonds is 7. The molecule has 0 N–H and O–H groups in total. The number of benzene rings is 2. The summed E-state index contributed by atoms with van der Waals surface area (Å²) in [6, 6.07) is 15.6. The highest BCUT2D eigenvalue weighted by Crippen LogP contribution is 2.32. The van der Waals surface area contributed by atoms with E-state index in [-0.39, 0.29) is 11.8 Å². The molecule has 1 aliphatic rings. The van der Waals surface area contributed by atoms with Gasteiger partial charge in [-0.3, -0.25) is 9.69 Å². The van der Waals surface area contributed by atoms with Crippen LogP contribution < -0.4 is 9.64 Å². The lowest BCUT2D eigenvalue weighted by Gasteiger charge is -2.18. The molecule has 0 bridgehead atoms. The lowest BCUT2D eigenvalue weighted by atomic mass is 10.0. The number of aliphatic imine (C=N–C) groups is 1. The van der Waals surface area contributed by atoms with Crippen molar-refractivity contribution in [3.8, 4) is 5.75 Å². The summed E-state index contributed by atoms with van der Waals surface area (Å²) in [4.78, 5) is 24.1. The van der Waals surface area contributed by atoms with Crippen LogP contribution in [0.3, 0.4) is 0 Å². The van der Waals surface area contributed by atoms with Gasteiger partial charge in [0.2, 0.25) is 5.89 Å². The van der Waals surface area contributed by atoms with E-state index < -0.39 is 0 Å². The number of carbonyl (C=O) groups excluding carboxylic acids is 1. The Bertz CT molecular complexity index is 1230. The minimum Gasteiger partial charge on any atom is -0.497 e. The topological polar surface area (TPSA) is 80.8 Å². The second-order valence-electron chi connectivity index (χ2n) is 8.58. The fourth-order valence-electron chi connectivity index (χ4n) is 3.39. The number of hydrogen-bond donors (Lipinski definition) is 0. The molecule has 0 atom stereocenters. The molecule has 0 radical (unpaired) electrons. The Morgan fingerprint density at radius 1 is 1.09 bits per heavy atom. The number of nitrogens with zero attached hydrogens (tertiary/aromatic N) is 4. The maximum absolute atomic E-state index is 13.4. The number of anilines is 1. The average Bonchev–Trinajstić information content (AvgIpc) is 3.43. The maximum atomic E-state index is 13.4. The number of ether oxygens (including phenoxy) is 1. The molecule has 1 amide bonds. The Morgan fingerprint density at radius 3 is 2.50 bits per heavy atom. The first kappa shape index (κ1) is 23.8. The van der Waals surface area contributed by atoms with Crippen LogP contribution in [-0.4, -0.2) is 28.3 Å². The van der Waals surface area contributed by atoms with Gasteiger partial charge in [0.25, 0.3) is 5.91 Å². The summed E-state index contributed by atoms with van der Waals surface area (Å²) in [6.45, 7) is 8.33. The molecule has 7 nitrogen and oxygen atoms in total. The number of hydrogen-bond acceptors (Lipinski definition) is 7. The first-order valence-corrected chi connectivity index (χ1v) is 12.2. The van der Waals surface area contributed by atoms with E-state index in [1.54, 1.807) is 12.0 Å². The molecule has 1 aromatic heterocycles. The molecule has 2 aromatic carbocycles. The van der Waals surface area contributed by atoms with Crippen LogP contribution in [0.15, 0.2) is 63.7 Å². The number of amidine groups is 1. The molecule has 0 fully saturated rings. The highest BCUT2D eigenvalue weighted by molar-refractivity contribution is 8.13. The van der Waals surface area contributed by atoms with Crippen LogP contribution in [0.1, 0.15) is 62.4 Å². The van der Waals surface area contributed by atoms with Gasteiger partial charge in [0, 0.05) is 12.0 Å². The van der Waals surface area contributed by atoms with Crippen LogP contribution in [0.5, 0.6) is 5.75 Å². The first-order valence-electron chi connectivity index (χ1n) is 11.2. The van der Waals surface area contributed by atoms with Crippen molar-refractivity contribution < 1.29 is 14.1 Å². The van der Waals surface area contributed by atoms with Gasteiger partial charge in [0.05, 0.1) is 18.6 Å². The van der Waals surface area contributed by atoms with Gasteiger partial charge >= 0.3 is 0 Å². The van der Waals surface area contributed by atoms with Crippen molar-refractivity contribution in [2.24, 2.45) is 4.99 Å². The van der Waals surface area contributed by atoms with Crippen LogP contribution in [-0.2, 0) is 10.5 Å². The van der Waals surface area contributed by atoms with E-state index >= 15 is 0 Å². The van der Waals surface area contributed by atoms with E-state index in [1.807, 2.05) is 56.3 Å². The van der Waals surface area contributed by atoms with Crippen molar-refractivity contribution in [3.05, 3.63) is 77.1 Å². The molecule has 8 heteroatoms. The zero-order valence-corrected chi connectivity index (χ0v) is 20.8. The summed E-state index contributed by atoms with van der Waals surface area (Å²) in [5.74, 6) is 2.65. The molecule has 0 saturated carbocycles. The Morgan fingerprint density at radius 2 is 1.85 bits per heavy atom. The second-order valence-corrected chi connectivity index (χ2v) is 9.52. The van der Waals surface area contributed by atoms with Gasteiger partial charge in [-0.25, -0.2) is 4.99 Å².